The maximum atomic E-state index is 11.8. The zero-order valence-corrected chi connectivity index (χ0v) is 16.4. The number of ether oxygens (including phenoxy) is 1. The molecule has 28 heavy (non-hydrogen) atoms. The lowest BCUT2D eigenvalue weighted by molar-refractivity contribution is -0.383. The number of methoxy groups -OCH3 is 1. The molecule has 1 fully saturated rings. The van der Waals surface area contributed by atoms with E-state index < -0.39 is 4.92 Å². The van der Waals surface area contributed by atoms with E-state index in [-0.39, 0.29) is 29.2 Å². The molecule has 1 aliphatic heterocycles. The van der Waals surface area contributed by atoms with Crippen LogP contribution >= 0.6 is 23.2 Å². The van der Waals surface area contributed by atoms with Gasteiger partial charge in [-0.05, 0) is 31.0 Å². The van der Waals surface area contributed by atoms with E-state index >= 15 is 0 Å². The second kappa shape index (κ2) is 8.57. The first kappa shape index (κ1) is 20.1. The molecular weight excluding hydrogens is 409 g/mol. The van der Waals surface area contributed by atoms with Crippen molar-refractivity contribution in [2.24, 2.45) is 5.92 Å². The Labute approximate surface area is 170 Å². The first-order chi connectivity index (χ1) is 13.4. The maximum Gasteiger partial charge on any atom is 0.353 e. The van der Waals surface area contributed by atoms with Gasteiger partial charge in [0.15, 0.2) is 0 Å². The molecule has 1 aromatic heterocycles. The fourth-order valence-corrected chi connectivity index (χ4v) is 3.64. The molecule has 0 amide bonds. The lowest BCUT2D eigenvalue weighted by Gasteiger charge is -2.31. The van der Waals surface area contributed by atoms with Crippen LogP contribution in [0.2, 0.25) is 10.0 Å². The maximum absolute atomic E-state index is 11.8. The molecule has 0 unspecified atom stereocenters. The second-order valence-corrected chi connectivity index (χ2v) is 7.09. The lowest BCUT2D eigenvalue weighted by atomic mass is 9.97. The highest BCUT2D eigenvalue weighted by Gasteiger charge is 2.32. The summed E-state index contributed by atoms with van der Waals surface area (Å²) >= 11 is 12.0. The quantitative estimate of drug-likeness (QED) is 0.437. The molecule has 11 heteroatoms. The van der Waals surface area contributed by atoms with Crippen molar-refractivity contribution in [3.8, 4) is 0 Å². The molecule has 0 saturated carbocycles. The zero-order chi connectivity index (χ0) is 20.3. The number of hydrogen-bond acceptors (Lipinski definition) is 8. The monoisotopic (exact) mass is 425 g/mol. The van der Waals surface area contributed by atoms with Crippen LogP contribution in [0.3, 0.4) is 0 Å². The standard InChI is InChI=1S/C17H17Cl2N5O4/c1-28-17(25)10-2-4-23(5-3-10)16-14(24(26)27)15(20-9-21-16)22-13-7-11(18)6-12(19)8-13/h6-10H,2-5H2,1H3,(H,20,21,22). The third-order valence-corrected chi connectivity index (χ3v) is 4.88. The molecule has 0 bridgehead atoms. The van der Waals surface area contributed by atoms with Crippen molar-refractivity contribution in [2.75, 3.05) is 30.4 Å². The molecule has 3 rings (SSSR count). The van der Waals surface area contributed by atoms with Gasteiger partial charge in [-0.2, -0.15) is 0 Å². The van der Waals surface area contributed by atoms with Crippen molar-refractivity contribution in [1.29, 1.82) is 0 Å². The van der Waals surface area contributed by atoms with Crippen molar-refractivity contribution in [3.05, 3.63) is 44.7 Å². The average molecular weight is 426 g/mol. The molecule has 1 saturated heterocycles. The molecule has 0 radical (unpaired) electrons. The summed E-state index contributed by atoms with van der Waals surface area (Å²) in [5.74, 6) is -0.257. The molecule has 1 N–H and O–H groups in total. The minimum atomic E-state index is -0.532. The number of anilines is 3. The molecular formula is C17H17Cl2N5O4. The second-order valence-electron chi connectivity index (χ2n) is 6.22. The fraction of sp³-hybridized carbons (Fsp3) is 0.353. The number of carbonyl (C=O) groups is 1. The molecule has 2 aromatic rings. The normalized spacial score (nSPS) is 14.6. The van der Waals surface area contributed by atoms with E-state index in [0.29, 0.717) is 41.7 Å². The van der Waals surface area contributed by atoms with E-state index in [0.717, 1.165) is 0 Å². The number of carbonyl (C=O) groups excluding carboxylic acids is 1. The van der Waals surface area contributed by atoms with E-state index in [1.807, 2.05) is 0 Å². The number of rotatable bonds is 5. The Bertz CT molecular complexity index is 883. The summed E-state index contributed by atoms with van der Waals surface area (Å²) in [5, 5.41) is 15.4. The summed E-state index contributed by atoms with van der Waals surface area (Å²) in [7, 11) is 1.35. The number of nitrogens with zero attached hydrogens (tertiary/aromatic N) is 4. The smallest absolute Gasteiger partial charge is 0.353 e. The summed E-state index contributed by atoms with van der Waals surface area (Å²) < 4.78 is 4.77. The molecule has 0 atom stereocenters. The molecule has 0 spiro atoms. The van der Waals surface area contributed by atoms with Gasteiger partial charge in [-0.3, -0.25) is 14.9 Å². The fourth-order valence-electron chi connectivity index (χ4n) is 3.12. The summed E-state index contributed by atoms with van der Waals surface area (Å²) in [6.07, 6.45) is 2.31. The van der Waals surface area contributed by atoms with Crippen LogP contribution in [0.4, 0.5) is 23.0 Å². The lowest BCUT2D eigenvalue weighted by Crippen LogP contribution is -2.37. The van der Waals surface area contributed by atoms with E-state index in [1.54, 1.807) is 23.1 Å². The van der Waals surface area contributed by atoms with E-state index in [9.17, 15) is 14.9 Å². The van der Waals surface area contributed by atoms with Crippen molar-refractivity contribution < 1.29 is 14.5 Å². The van der Waals surface area contributed by atoms with Gasteiger partial charge in [0.05, 0.1) is 18.0 Å². The van der Waals surface area contributed by atoms with Gasteiger partial charge >= 0.3 is 11.7 Å². The van der Waals surface area contributed by atoms with Gasteiger partial charge in [0, 0.05) is 28.8 Å². The van der Waals surface area contributed by atoms with Crippen LogP contribution in [-0.4, -0.2) is 41.1 Å². The van der Waals surface area contributed by atoms with Gasteiger partial charge < -0.3 is 15.0 Å². The average Bonchev–Trinajstić information content (AvgIpc) is 2.66. The Kier molecular flexibility index (Phi) is 6.15. The molecule has 9 nitrogen and oxygen atoms in total. The highest BCUT2D eigenvalue weighted by Crippen LogP contribution is 2.36. The Morgan fingerprint density at radius 3 is 2.46 bits per heavy atom. The van der Waals surface area contributed by atoms with Crippen LogP contribution in [0.1, 0.15) is 12.8 Å². The van der Waals surface area contributed by atoms with Crippen molar-refractivity contribution in [2.45, 2.75) is 12.8 Å². The number of esters is 1. The summed E-state index contributed by atoms with van der Waals surface area (Å²) in [6, 6.07) is 4.72. The van der Waals surface area contributed by atoms with Crippen LogP contribution in [-0.2, 0) is 9.53 Å². The number of nitrogens with one attached hydrogen (secondary N) is 1. The predicted octanol–water partition coefficient (Wildman–Crippen LogP) is 3.82. The third kappa shape index (κ3) is 4.42. The summed E-state index contributed by atoms with van der Waals surface area (Å²) in [4.78, 5) is 32.8. The summed E-state index contributed by atoms with van der Waals surface area (Å²) in [5.41, 5.74) is 0.213. The minimum absolute atomic E-state index is 0.0309. The van der Waals surface area contributed by atoms with E-state index in [4.69, 9.17) is 27.9 Å². The highest BCUT2D eigenvalue weighted by atomic mass is 35.5. The number of hydrogen-bond donors (Lipinski definition) is 1. The van der Waals surface area contributed by atoms with Crippen LogP contribution in [0.25, 0.3) is 0 Å². The van der Waals surface area contributed by atoms with Crippen molar-refractivity contribution in [3.63, 3.8) is 0 Å². The highest BCUT2D eigenvalue weighted by molar-refractivity contribution is 6.35. The number of benzene rings is 1. The largest absolute Gasteiger partial charge is 0.469 e. The molecule has 2 heterocycles. The van der Waals surface area contributed by atoms with E-state index in [2.05, 4.69) is 15.3 Å². The Morgan fingerprint density at radius 2 is 1.89 bits per heavy atom. The predicted molar refractivity (Wildman–Crippen MR) is 105 cm³/mol. The Balaban J connectivity index is 1.88. The van der Waals surface area contributed by atoms with Gasteiger partial charge in [-0.1, -0.05) is 23.2 Å². The summed E-state index contributed by atoms with van der Waals surface area (Å²) in [6.45, 7) is 0.889. The van der Waals surface area contributed by atoms with Gasteiger partial charge in [-0.25, -0.2) is 9.97 Å². The number of piperidine rings is 1. The number of halogens is 2. The van der Waals surface area contributed by atoms with Crippen LogP contribution in [0, 0.1) is 16.0 Å². The molecule has 148 valence electrons. The Morgan fingerprint density at radius 1 is 1.25 bits per heavy atom. The zero-order valence-electron chi connectivity index (χ0n) is 14.9. The van der Waals surface area contributed by atoms with Crippen molar-refractivity contribution in [1.82, 2.24) is 9.97 Å². The van der Waals surface area contributed by atoms with Gasteiger partial charge in [0.25, 0.3) is 0 Å². The Hall–Kier alpha value is -2.65. The van der Waals surface area contributed by atoms with Crippen LogP contribution in [0.5, 0.6) is 0 Å². The minimum Gasteiger partial charge on any atom is -0.469 e. The SMILES string of the molecule is COC(=O)C1CCN(c2ncnc(Nc3cc(Cl)cc(Cl)c3)c2[N+](=O)[O-])CC1. The number of nitro groups is 1. The third-order valence-electron chi connectivity index (χ3n) is 4.44. The number of aromatic nitrogens is 2. The molecule has 0 aliphatic carbocycles. The first-order valence-electron chi connectivity index (χ1n) is 8.44. The van der Waals surface area contributed by atoms with Gasteiger partial charge in [-0.15, -0.1) is 0 Å². The topological polar surface area (TPSA) is 110 Å². The van der Waals surface area contributed by atoms with Crippen LogP contribution in [0.15, 0.2) is 24.5 Å². The van der Waals surface area contributed by atoms with E-state index in [1.165, 1.54) is 13.4 Å². The first-order valence-corrected chi connectivity index (χ1v) is 9.20. The van der Waals surface area contributed by atoms with Crippen molar-refractivity contribution >= 4 is 52.2 Å². The van der Waals surface area contributed by atoms with Gasteiger partial charge in [0.1, 0.15) is 6.33 Å². The molecule has 1 aromatic carbocycles. The van der Waals surface area contributed by atoms with Crippen LogP contribution < -0.4 is 10.2 Å². The molecule has 1 aliphatic rings. The van der Waals surface area contributed by atoms with Gasteiger partial charge in [0.2, 0.25) is 11.6 Å².